The molecule has 1 aromatic heterocycles. The van der Waals surface area contributed by atoms with Gasteiger partial charge in [-0.1, -0.05) is 6.92 Å². The summed E-state index contributed by atoms with van der Waals surface area (Å²) in [6.45, 7) is 3.67. The van der Waals surface area contributed by atoms with Gasteiger partial charge in [-0.05, 0) is 18.4 Å². The average Bonchev–Trinajstić information content (AvgIpc) is 2.65. The zero-order valence-electron chi connectivity index (χ0n) is 8.56. The van der Waals surface area contributed by atoms with Crippen molar-refractivity contribution in [2.45, 2.75) is 13.3 Å². The van der Waals surface area contributed by atoms with Crippen LogP contribution in [0.2, 0.25) is 0 Å². The Bertz CT molecular complexity index is 406. The van der Waals surface area contributed by atoms with Crippen molar-refractivity contribution in [1.82, 2.24) is 15.1 Å². The van der Waals surface area contributed by atoms with Crippen molar-refractivity contribution in [2.24, 2.45) is 5.92 Å². The fourth-order valence-corrected chi connectivity index (χ4v) is 1.75. The van der Waals surface area contributed by atoms with Gasteiger partial charge in [-0.15, -0.1) is 0 Å². The third kappa shape index (κ3) is 2.06. The Morgan fingerprint density at radius 3 is 2.93 bits per heavy atom. The minimum atomic E-state index is -0.290. The van der Waals surface area contributed by atoms with E-state index in [0.29, 0.717) is 11.6 Å². The van der Waals surface area contributed by atoms with Crippen LogP contribution in [-0.4, -0.2) is 34.1 Å². The molecule has 1 fully saturated rings. The molecule has 0 aliphatic carbocycles. The van der Waals surface area contributed by atoms with E-state index in [9.17, 15) is 9.59 Å². The molecule has 0 bridgehead atoms. The molecular weight excluding hydrogens is 194 g/mol. The van der Waals surface area contributed by atoms with Gasteiger partial charge in [0.15, 0.2) is 0 Å². The van der Waals surface area contributed by atoms with Crippen molar-refractivity contribution >= 4 is 5.91 Å². The second-order valence-electron chi connectivity index (χ2n) is 3.95. The number of likely N-dealkylation sites (tertiary alicyclic amines) is 1. The lowest BCUT2D eigenvalue weighted by Gasteiger charge is -2.14. The van der Waals surface area contributed by atoms with Crippen molar-refractivity contribution in [2.75, 3.05) is 13.1 Å². The Kier molecular flexibility index (Phi) is 2.53. The molecule has 1 amide bonds. The lowest BCUT2D eigenvalue weighted by atomic mass is 10.2. The molecule has 80 valence electrons. The lowest BCUT2D eigenvalue weighted by Crippen LogP contribution is -2.30. The normalized spacial score (nSPS) is 20.6. The van der Waals surface area contributed by atoms with Crippen molar-refractivity contribution in [3.63, 3.8) is 0 Å². The third-order valence-corrected chi connectivity index (χ3v) is 2.61. The van der Waals surface area contributed by atoms with E-state index in [1.165, 1.54) is 12.1 Å². The number of H-pyrrole nitrogens is 1. The van der Waals surface area contributed by atoms with Crippen LogP contribution in [0.3, 0.4) is 0 Å². The van der Waals surface area contributed by atoms with Gasteiger partial charge in [0.05, 0.1) is 0 Å². The molecule has 1 aliphatic heterocycles. The summed E-state index contributed by atoms with van der Waals surface area (Å²) in [5.74, 6) is 0.451. The van der Waals surface area contributed by atoms with Crippen LogP contribution < -0.4 is 5.56 Å². The highest BCUT2D eigenvalue weighted by Gasteiger charge is 2.24. The fraction of sp³-hybridized carbons (Fsp3) is 0.500. The van der Waals surface area contributed by atoms with E-state index in [0.717, 1.165) is 19.5 Å². The zero-order chi connectivity index (χ0) is 10.8. The summed E-state index contributed by atoms with van der Waals surface area (Å²) in [5.41, 5.74) is 0.0186. The van der Waals surface area contributed by atoms with Crippen LogP contribution in [-0.2, 0) is 0 Å². The van der Waals surface area contributed by atoms with Gasteiger partial charge in [-0.25, -0.2) is 5.10 Å². The number of aromatic nitrogens is 2. The van der Waals surface area contributed by atoms with Crippen LogP contribution in [0.5, 0.6) is 0 Å². The van der Waals surface area contributed by atoms with Gasteiger partial charge in [0.25, 0.3) is 11.5 Å². The molecule has 1 N–H and O–H groups in total. The van der Waals surface area contributed by atoms with Crippen LogP contribution in [0.15, 0.2) is 16.9 Å². The largest absolute Gasteiger partial charge is 0.337 e. The first-order valence-corrected chi connectivity index (χ1v) is 5.02. The quantitative estimate of drug-likeness (QED) is 0.718. The molecule has 0 spiro atoms. The Labute approximate surface area is 87.1 Å². The van der Waals surface area contributed by atoms with Gasteiger partial charge in [0.1, 0.15) is 5.69 Å². The second-order valence-corrected chi connectivity index (χ2v) is 3.95. The Hall–Kier alpha value is -1.65. The second kappa shape index (κ2) is 3.84. The molecule has 1 unspecified atom stereocenters. The van der Waals surface area contributed by atoms with Crippen molar-refractivity contribution < 1.29 is 4.79 Å². The maximum absolute atomic E-state index is 11.8. The maximum Gasteiger partial charge on any atom is 0.274 e. The third-order valence-electron chi connectivity index (χ3n) is 2.61. The molecule has 1 atom stereocenters. The van der Waals surface area contributed by atoms with Gasteiger partial charge < -0.3 is 4.90 Å². The van der Waals surface area contributed by atoms with E-state index < -0.39 is 0 Å². The summed E-state index contributed by atoms with van der Waals surface area (Å²) >= 11 is 0. The summed E-state index contributed by atoms with van der Waals surface area (Å²) in [6.07, 6.45) is 1.04. The number of aromatic amines is 1. The maximum atomic E-state index is 11.8. The molecule has 1 aliphatic rings. The predicted molar refractivity (Wildman–Crippen MR) is 54.5 cm³/mol. The number of carbonyl (C=O) groups excluding carboxylic acids is 1. The summed E-state index contributed by atoms with van der Waals surface area (Å²) in [5, 5.41) is 5.98. The highest BCUT2D eigenvalue weighted by Crippen LogP contribution is 2.16. The number of carbonyl (C=O) groups is 1. The van der Waals surface area contributed by atoms with E-state index in [1.807, 2.05) is 0 Å². The zero-order valence-corrected chi connectivity index (χ0v) is 8.56. The highest BCUT2D eigenvalue weighted by molar-refractivity contribution is 5.92. The molecule has 0 saturated carbocycles. The van der Waals surface area contributed by atoms with Gasteiger partial charge in [0.2, 0.25) is 0 Å². The molecule has 2 rings (SSSR count). The van der Waals surface area contributed by atoms with Crippen LogP contribution in [0.25, 0.3) is 0 Å². The number of hydrogen-bond acceptors (Lipinski definition) is 3. The van der Waals surface area contributed by atoms with E-state index in [2.05, 4.69) is 17.1 Å². The van der Waals surface area contributed by atoms with Gasteiger partial charge in [0, 0.05) is 19.2 Å². The average molecular weight is 207 g/mol. The number of rotatable bonds is 1. The van der Waals surface area contributed by atoms with Crippen LogP contribution in [0, 0.1) is 5.92 Å². The van der Waals surface area contributed by atoms with Crippen molar-refractivity contribution in [1.29, 1.82) is 0 Å². The van der Waals surface area contributed by atoms with Gasteiger partial charge >= 0.3 is 0 Å². The summed E-state index contributed by atoms with van der Waals surface area (Å²) in [6, 6.07) is 2.78. The van der Waals surface area contributed by atoms with Crippen LogP contribution >= 0.6 is 0 Å². The first-order valence-electron chi connectivity index (χ1n) is 5.02. The minimum absolute atomic E-state index is 0.101. The smallest absolute Gasteiger partial charge is 0.274 e. The number of nitrogens with zero attached hydrogens (tertiary/aromatic N) is 2. The molecule has 15 heavy (non-hydrogen) atoms. The summed E-state index contributed by atoms with van der Waals surface area (Å²) in [7, 11) is 0. The minimum Gasteiger partial charge on any atom is -0.337 e. The molecule has 5 nitrogen and oxygen atoms in total. The number of amides is 1. The van der Waals surface area contributed by atoms with Crippen molar-refractivity contribution in [3.05, 3.63) is 28.2 Å². The topological polar surface area (TPSA) is 66.1 Å². The fourth-order valence-electron chi connectivity index (χ4n) is 1.75. The van der Waals surface area contributed by atoms with Crippen LogP contribution in [0.1, 0.15) is 23.8 Å². The number of hydrogen-bond donors (Lipinski definition) is 1. The summed E-state index contributed by atoms with van der Waals surface area (Å²) in [4.78, 5) is 24.4. The number of nitrogens with one attached hydrogen (secondary N) is 1. The SMILES string of the molecule is CC1CCN(C(=O)c2ccc(=O)[nH]n2)C1. The van der Waals surface area contributed by atoms with Gasteiger partial charge in [-0.3, -0.25) is 9.59 Å². The van der Waals surface area contributed by atoms with Gasteiger partial charge in [-0.2, -0.15) is 5.10 Å². The Morgan fingerprint density at radius 2 is 2.40 bits per heavy atom. The van der Waals surface area contributed by atoms with E-state index in [1.54, 1.807) is 4.90 Å². The Morgan fingerprint density at radius 1 is 1.60 bits per heavy atom. The van der Waals surface area contributed by atoms with Crippen LogP contribution in [0.4, 0.5) is 0 Å². The standard InChI is InChI=1S/C10H13N3O2/c1-7-4-5-13(6-7)10(15)8-2-3-9(14)12-11-8/h2-3,7H,4-6H2,1H3,(H,12,14). The highest BCUT2D eigenvalue weighted by atomic mass is 16.2. The van der Waals surface area contributed by atoms with E-state index in [4.69, 9.17) is 0 Å². The first kappa shape index (κ1) is 9.89. The van der Waals surface area contributed by atoms with Crippen molar-refractivity contribution in [3.8, 4) is 0 Å². The van der Waals surface area contributed by atoms with E-state index in [-0.39, 0.29) is 11.5 Å². The molecule has 2 heterocycles. The Balaban J connectivity index is 2.14. The first-order chi connectivity index (χ1) is 7.16. The molecule has 0 radical (unpaired) electrons. The lowest BCUT2D eigenvalue weighted by molar-refractivity contribution is 0.0781. The molecule has 5 heteroatoms. The molecule has 1 aromatic rings. The monoisotopic (exact) mass is 207 g/mol. The van der Waals surface area contributed by atoms with E-state index >= 15 is 0 Å². The predicted octanol–water partition coefficient (Wildman–Crippen LogP) is 0.252. The molecule has 0 aromatic carbocycles. The molecular formula is C10H13N3O2. The summed E-state index contributed by atoms with van der Waals surface area (Å²) < 4.78 is 0. The molecule has 1 saturated heterocycles.